The van der Waals surface area contributed by atoms with E-state index < -0.39 is 23.9 Å². The molecule has 0 saturated heterocycles. The lowest BCUT2D eigenvalue weighted by Gasteiger charge is -2.18. The van der Waals surface area contributed by atoms with Gasteiger partial charge in [-0.05, 0) is 25.1 Å². The van der Waals surface area contributed by atoms with Gasteiger partial charge in [-0.3, -0.25) is 4.79 Å². The summed E-state index contributed by atoms with van der Waals surface area (Å²) in [6, 6.07) is 4.73. The highest BCUT2D eigenvalue weighted by Crippen LogP contribution is 2.30. The second-order valence-electron chi connectivity index (χ2n) is 5.36. The lowest BCUT2D eigenvalue weighted by molar-refractivity contribution is -0.146. The molecule has 0 aliphatic heterocycles. The minimum atomic E-state index is -4.72. The van der Waals surface area contributed by atoms with Gasteiger partial charge < -0.3 is 20.6 Å². The van der Waals surface area contributed by atoms with Crippen LogP contribution in [0.2, 0.25) is 0 Å². The second kappa shape index (κ2) is 8.37. The van der Waals surface area contributed by atoms with Crippen molar-refractivity contribution in [2.45, 2.75) is 24.3 Å². The monoisotopic (exact) mass is 405 g/mol. The first-order valence-electron chi connectivity index (χ1n) is 7.59. The molecule has 27 heavy (non-hydrogen) atoms. The third-order valence-electron chi connectivity index (χ3n) is 3.53. The molecule has 0 fully saturated rings. The van der Waals surface area contributed by atoms with E-state index in [-0.39, 0.29) is 10.9 Å². The maximum Gasteiger partial charge on any atom is 0.453 e. The Morgan fingerprint density at radius 1 is 1.33 bits per heavy atom. The number of amides is 1. The van der Waals surface area contributed by atoms with Crippen LogP contribution < -0.4 is 20.6 Å². The Morgan fingerprint density at radius 2 is 2.04 bits per heavy atom. The van der Waals surface area contributed by atoms with Crippen LogP contribution in [0.15, 0.2) is 23.4 Å². The van der Waals surface area contributed by atoms with E-state index in [1.807, 2.05) is 0 Å². The number of nitrogen functional groups attached to an aromatic ring is 1. The average Bonchev–Trinajstić information content (AvgIpc) is 3.00. The van der Waals surface area contributed by atoms with Crippen molar-refractivity contribution < 1.29 is 27.4 Å². The van der Waals surface area contributed by atoms with Gasteiger partial charge in [0, 0.05) is 5.56 Å². The largest absolute Gasteiger partial charge is 0.497 e. The molecule has 0 bridgehead atoms. The van der Waals surface area contributed by atoms with Gasteiger partial charge in [-0.25, -0.2) is 4.68 Å². The summed E-state index contributed by atoms with van der Waals surface area (Å²) in [4.78, 5) is 12.1. The fourth-order valence-corrected chi connectivity index (χ4v) is 2.91. The minimum Gasteiger partial charge on any atom is -0.497 e. The molecule has 3 N–H and O–H groups in total. The topological polar surface area (TPSA) is 104 Å². The summed E-state index contributed by atoms with van der Waals surface area (Å²) in [5, 5.41) is 8.87. The lowest BCUT2D eigenvalue weighted by atomic mass is 10.1. The number of carbonyl (C=O) groups is 1. The Morgan fingerprint density at radius 3 is 2.59 bits per heavy atom. The second-order valence-corrected chi connectivity index (χ2v) is 6.30. The molecule has 0 unspecified atom stereocenters. The fourth-order valence-electron chi connectivity index (χ4n) is 2.24. The summed E-state index contributed by atoms with van der Waals surface area (Å²) in [7, 11) is 3.02. The van der Waals surface area contributed by atoms with Gasteiger partial charge in [-0.15, -0.1) is 10.2 Å². The molecule has 0 aliphatic rings. The minimum absolute atomic E-state index is 0.191. The zero-order valence-corrected chi connectivity index (χ0v) is 15.5. The third-order valence-corrected chi connectivity index (χ3v) is 4.47. The van der Waals surface area contributed by atoms with Crippen molar-refractivity contribution in [2.75, 3.05) is 25.8 Å². The van der Waals surface area contributed by atoms with Crippen LogP contribution in [-0.2, 0) is 11.0 Å². The number of nitrogens with zero attached hydrogens (tertiary/aromatic N) is 3. The van der Waals surface area contributed by atoms with Crippen LogP contribution in [0.4, 0.5) is 13.2 Å². The van der Waals surface area contributed by atoms with Crippen molar-refractivity contribution in [3.05, 3.63) is 29.6 Å². The Kier molecular flexibility index (Phi) is 6.41. The van der Waals surface area contributed by atoms with Crippen LogP contribution in [0.5, 0.6) is 11.5 Å². The normalized spacial score (nSPS) is 12.5. The van der Waals surface area contributed by atoms with Crippen molar-refractivity contribution in [2.24, 2.45) is 0 Å². The van der Waals surface area contributed by atoms with Gasteiger partial charge in [-0.2, -0.15) is 13.2 Å². The number of alkyl halides is 3. The number of carbonyl (C=O) groups excluding carboxylic acids is 1. The number of hydrogen-bond donors (Lipinski definition) is 2. The maximum absolute atomic E-state index is 12.6. The average molecular weight is 405 g/mol. The molecule has 148 valence electrons. The predicted molar refractivity (Wildman–Crippen MR) is 92.0 cm³/mol. The molecule has 2 rings (SSSR count). The summed E-state index contributed by atoms with van der Waals surface area (Å²) in [6.45, 7) is 1.74. The van der Waals surface area contributed by atoms with Gasteiger partial charge in [0.15, 0.2) is 0 Å². The molecule has 0 radical (unpaired) electrons. The number of thioether (sulfide) groups is 1. The molecule has 2 aromatic rings. The number of halogens is 3. The molecule has 1 atom stereocenters. The first kappa shape index (κ1) is 20.7. The Bertz CT molecular complexity index is 812. The quantitative estimate of drug-likeness (QED) is 0.536. The fraction of sp³-hybridized carbons (Fsp3) is 0.400. The summed E-state index contributed by atoms with van der Waals surface area (Å²) in [5.74, 6) is 4.54. The molecule has 0 aliphatic carbocycles. The van der Waals surface area contributed by atoms with E-state index in [1.165, 1.54) is 14.2 Å². The first-order valence-corrected chi connectivity index (χ1v) is 8.57. The van der Waals surface area contributed by atoms with Gasteiger partial charge in [0.1, 0.15) is 11.5 Å². The summed E-state index contributed by atoms with van der Waals surface area (Å²) < 4.78 is 48.7. The highest BCUT2D eigenvalue weighted by molar-refractivity contribution is 7.99. The molecule has 1 aromatic carbocycles. The highest BCUT2D eigenvalue weighted by atomic mass is 32.2. The van der Waals surface area contributed by atoms with Crippen LogP contribution in [0.3, 0.4) is 0 Å². The molecular formula is C15H18F3N5O3S. The Balaban J connectivity index is 2.01. The number of aromatic nitrogens is 3. The molecule has 8 nitrogen and oxygen atoms in total. The Labute approximate surface area is 157 Å². The van der Waals surface area contributed by atoms with Gasteiger partial charge in [0.25, 0.3) is 5.82 Å². The molecule has 0 saturated carbocycles. The van der Waals surface area contributed by atoms with E-state index in [2.05, 4.69) is 15.5 Å². The lowest BCUT2D eigenvalue weighted by Crippen LogP contribution is -2.29. The molecule has 0 spiro atoms. The van der Waals surface area contributed by atoms with Crippen LogP contribution in [-0.4, -0.2) is 40.8 Å². The van der Waals surface area contributed by atoms with Crippen LogP contribution >= 0.6 is 11.8 Å². The SMILES string of the molecule is COc1ccc(OC)c([C@@H](C)NC(=O)CSc2nnc(C(F)(F)F)n2N)c1. The maximum atomic E-state index is 12.6. The van der Waals surface area contributed by atoms with Gasteiger partial charge in [-0.1, -0.05) is 11.8 Å². The van der Waals surface area contributed by atoms with Crippen molar-refractivity contribution in [1.82, 2.24) is 20.2 Å². The Hall–Kier alpha value is -2.63. The van der Waals surface area contributed by atoms with E-state index >= 15 is 0 Å². The van der Waals surface area contributed by atoms with E-state index in [1.54, 1.807) is 25.1 Å². The first-order chi connectivity index (χ1) is 12.7. The van der Waals surface area contributed by atoms with E-state index in [0.29, 0.717) is 21.7 Å². The van der Waals surface area contributed by atoms with Crippen molar-refractivity contribution in [3.8, 4) is 11.5 Å². The summed E-state index contributed by atoms with van der Waals surface area (Å²) in [6.07, 6.45) is -4.72. The number of methoxy groups -OCH3 is 2. The van der Waals surface area contributed by atoms with Crippen molar-refractivity contribution in [1.29, 1.82) is 0 Å². The van der Waals surface area contributed by atoms with Crippen molar-refractivity contribution >= 4 is 17.7 Å². The third kappa shape index (κ3) is 4.96. The molecule has 12 heteroatoms. The smallest absolute Gasteiger partial charge is 0.453 e. The number of nitrogens with two attached hydrogens (primary N) is 1. The van der Waals surface area contributed by atoms with Crippen LogP contribution in [0.1, 0.15) is 24.4 Å². The van der Waals surface area contributed by atoms with Gasteiger partial charge in [0.2, 0.25) is 11.1 Å². The summed E-state index contributed by atoms with van der Waals surface area (Å²) >= 11 is 0.743. The zero-order chi connectivity index (χ0) is 20.2. The van der Waals surface area contributed by atoms with E-state index in [9.17, 15) is 18.0 Å². The summed E-state index contributed by atoms with van der Waals surface area (Å²) in [5.41, 5.74) is 0.691. The van der Waals surface area contributed by atoms with Crippen LogP contribution in [0.25, 0.3) is 0 Å². The van der Waals surface area contributed by atoms with Gasteiger partial charge >= 0.3 is 6.18 Å². The van der Waals surface area contributed by atoms with E-state index in [0.717, 1.165) is 11.8 Å². The number of benzene rings is 1. The number of hydrogen-bond acceptors (Lipinski definition) is 7. The molecule has 1 amide bonds. The van der Waals surface area contributed by atoms with Crippen LogP contribution in [0, 0.1) is 0 Å². The number of rotatable bonds is 7. The zero-order valence-electron chi connectivity index (χ0n) is 14.7. The molecular weight excluding hydrogens is 387 g/mol. The van der Waals surface area contributed by atoms with Crippen molar-refractivity contribution in [3.63, 3.8) is 0 Å². The number of ether oxygens (including phenoxy) is 2. The molecule has 1 heterocycles. The predicted octanol–water partition coefficient (Wildman–Crippen LogP) is 2.00. The van der Waals surface area contributed by atoms with E-state index in [4.69, 9.17) is 15.3 Å². The number of nitrogens with one attached hydrogen (secondary N) is 1. The molecule has 1 aromatic heterocycles. The van der Waals surface area contributed by atoms with Gasteiger partial charge in [0.05, 0.1) is 26.0 Å². The highest BCUT2D eigenvalue weighted by Gasteiger charge is 2.38. The standard InChI is InChI=1S/C15H18F3N5O3S/c1-8(10-6-9(25-2)4-5-11(10)26-3)20-12(24)7-27-14-22-21-13(23(14)19)15(16,17)18/h4-6,8H,7,19H2,1-3H3,(H,20,24)/t8-/m1/s1.